The van der Waals surface area contributed by atoms with Crippen molar-refractivity contribution < 1.29 is 9.13 Å². The Labute approximate surface area is 116 Å². The normalized spacial score (nSPS) is 12.4. The second kappa shape index (κ2) is 6.12. The molecule has 1 aromatic heterocycles. The summed E-state index contributed by atoms with van der Waals surface area (Å²) >= 11 is 1.56. The van der Waals surface area contributed by atoms with E-state index in [1.54, 1.807) is 17.4 Å². The molecule has 19 heavy (non-hydrogen) atoms. The summed E-state index contributed by atoms with van der Waals surface area (Å²) in [5.41, 5.74) is 1.73. The van der Waals surface area contributed by atoms with Gasteiger partial charge in [0.25, 0.3) is 0 Å². The minimum absolute atomic E-state index is 0.116. The summed E-state index contributed by atoms with van der Waals surface area (Å²) < 4.78 is 19.3. The maximum absolute atomic E-state index is 13.9. The first-order valence-corrected chi connectivity index (χ1v) is 6.98. The fourth-order valence-corrected chi connectivity index (χ4v) is 2.29. The summed E-state index contributed by atoms with van der Waals surface area (Å²) in [6.07, 6.45) is 0. The fraction of sp³-hybridized carbons (Fsp3) is 0.357. The van der Waals surface area contributed by atoms with Crippen LogP contribution in [0.25, 0.3) is 0 Å². The quantitative estimate of drug-likeness (QED) is 0.911. The van der Waals surface area contributed by atoms with Gasteiger partial charge in [0.1, 0.15) is 6.61 Å². The summed E-state index contributed by atoms with van der Waals surface area (Å²) in [6, 6.07) is 5.15. The highest BCUT2D eigenvalue weighted by Gasteiger charge is 2.09. The Bertz CT molecular complexity index is 556. The van der Waals surface area contributed by atoms with Gasteiger partial charge in [-0.2, -0.15) is 0 Å². The van der Waals surface area contributed by atoms with Crippen molar-refractivity contribution in [3.05, 3.63) is 45.7 Å². The first-order chi connectivity index (χ1) is 9.10. The number of ether oxygens (including phenoxy) is 1. The van der Waals surface area contributed by atoms with Crippen LogP contribution in [0.1, 0.15) is 29.2 Å². The van der Waals surface area contributed by atoms with Crippen molar-refractivity contribution in [2.75, 3.05) is 7.05 Å². The topological polar surface area (TPSA) is 34.1 Å². The Hall–Kier alpha value is -1.46. The number of halogens is 1. The fourth-order valence-electron chi connectivity index (χ4n) is 1.70. The van der Waals surface area contributed by atoms with E-state index in [2.05, 4.69) is 10.3 Å². The zero-order chi connectivity index (χ0) is 13.8. The molecule has 1 aromatic carbocycles. The lowest BCUT2D eigenvalue weighted by Gasteiger charge is -2.12. The molecule has 3 nitrogen and oxygen atoms in total. The molecular weight excluding hydrogens is 263 g/mol. The molecule has 1 heterocycles. The van der Waals surface area contributed by atoms with Crippen molar-refractivity contribution in [1.82, 2.24) is 10.3 Å². The van der Waals surface area contributed by atoms with Crippen molar-refractivity contribution in [3.63, 3.8) is 0 Å². The molecular formula is C14H17FN2OS. The standard InChI is InChI=1S/C14H17FN2OS/c1-9(16-3)11-4-5-14(13(15)6-11)18-7-12-8-19-10(2)17-12/h4-6,8-9,16H,7H2,1-3H3. The molecule has 0 aliphatic carbocycles. The van der Waals surface area contributed by atoms with Crippen molar-refractivity contribution in [1.29, 1.82) is 0 Å². The van der Waals surface area contributed by atoms with E-state index >= 15 is 0 Å². The zero-order valence-corrected chi connectivity index (χ0v) is 12.1. The van der Waals surface area contributed by atoms with E-state index in [-0.39, 0.29) is 17.6 Å². The van der Waals surface area contributed by atoms with E-state index in [1.165, 1.54) is 6.07 Å². The molecule has 0 aliphatic rings. The minimum atomic E-state index is -0.341. The summed E-state index contributed by atoms with van der Waals surface area (Å²) in [4.78, 5) is 4.28. The van der Waals surface area contributed by atoms with Crippen LogP contribution in [0.2, 0.25) is 0 Å². The molecule has 102 valence electrons. The number of nitrogens with zero attached hydrogens (tertiary/aromatic N) is 1. The van der Waals surface area contributed by atoms with E-state index in [1.807, 2.05) is 32.3 Å². The Morgan fingerprint density at radius 3 is 2.84 bits per heavy atom. The summed E-state index contributed by atoms with van der Waals surface area (Å²) in [6.45, 7) is 4.21. The van der Waals surface area contributed by atoms with Gasteiger partial charge < -0.3 is 10.1 Å². The average molecular weight is 280 g/mol. The number of nitrogens with one attached hydrogen (secondary N) is 1. The second-order valence-electron chi connectivity index (χ2n) is 4.35. The average Bonchev–Trinajstić information content (AvgIpc) is 2.82. The Kier molecular flexibility index (Phi) is 4.50. The first-order valence-electron chi connectivity index (χ1n) is 6.10. The van der Waals surface area contributed by atoms with Gasteiger partial charge in [0.2, 0.25) is 0 Å². The van der Waals surface area contributed by atoms with Gasteiger partial charge in [-0.25, -0.2) is 9.37 Å². The molecule has 0 radical (unpaired) electrons. The van der Waals surface area contributed by atoms with Crippen LogP contribution in [0.15, 0.2) is 23.6 Å². The SMILES string of the molecule is CNC(C)c1ccc(OCc2csc(C)n2)c(F)c1. The first kappa shape index (κ1) is 14.0. The van der Waals surface area contributed by atoms with E-state index in [9.17, 15) is 4.39 Å². The molecule has 1 atom stereocenters. The van der Waals surface area contributed by atoms with E-state index in [0.29, 0.717) is 6.61 Å². The highest BCUT2D eigenvalue weighted by molar-refractivity contribution is 7.09. The molecule has 0 bridgehead atoms. The number of aryl methyl sites for hydroxylation is 1. The monoisotopic (exact) mass is 280 g/mol. The van der Waals surface area contributed by atoms with Crippen molar-refractivity contribution >= 4 is 11.3 Å². The van der Waals surface area contributed by atoms with Crippen LogP contribution in [-0.2, 0) is 6.61 Å². The van der Waals surface area contributed by atoms with Crippen molar-refractivity contribution in [2.24, 2.45) is 0 Å². The van der Waals surface area contributed by atoms with Gasteiger partial charge in [0, 0.05) is 11.4 Å². The smallest absolute Gasteiger partial charge is 0.165 e. The highest BCUT2D eigenvalue weighted by atomic mass is 32.1. The molecule has 0 saturated carbocycles. The molecule has 0 spiro atoms. The number of hydrogen-bond donors (Lipinski definition) is 1. The zero-order valence-electron chi connectivity index (χ0n) is 11.2. The lowest BCUT2D eigenvalue weighted by molar-refractivity contribution is 0.286. The Morgan fingerprint density at radius 2 is 2.26 bits per heavy atom. The lowest BCUT2D eigenvalue weighted by atomic mass is 10.1. The van der Waals surface area contributed by atoms with Gasteiger partial charge in [0.15, 0.2) is 11.6 Å². The van der Waals surface area contributed by atoms with Gasteiger partial charge >= 0.3 is 0 Å². The molecule has 2 rings (SSSR count). The number of aromatic nitrogens is 1. The predicted octanol–water partition coefficient (Wildman–Crippen LogP) is 3.45. The molecule has 1 unspecified atom stereocenters. The second-order valence-corrected chi connectivity index (χ2v) is 5.41. The van der Waals surface area contributed by atoms with Gasteiger partial charge in [0.05, 0.1) is 10.7 Å². The minimum Gasteiger partial charge on any atom is -0.484 e. The van der Waals surface area contributed by atoms with Gasteiger partial charge in [-0.05, 0) is 38.6 Å². The maximum Gasteiger partial charge on any atom is 0.165 e. The molecule has 0 amide bonds. The highest BCUT2D eigenvalue weighted by Crippen LogP contribution is 2.23. The van der Waals surface area contributed by atoms with E-state index < -0.39 is 0 Å². The van der Waals surface area contributed by atoms with Crippen LogP contribution in [0.3, 0.4) is 0 Å². The van der Waals surface area contributed by atoms with Crippen LogP contribution in [-0.4, -0.2) is 12.0 Å². The van der Waals surface area contributed by atoms with Gasteiger partial charge in [-0.1, -0.05) is 6.07 Å². The van der Waals surface area contributed by atoms with Crippen LogP contribution in [0, 0.1) is 12.7 Å². The van der Waals surface area contributed by atoms with Crippen molar-refractivity contribution in [2.45, 2.75) is 26.5 Å². The van der Waals surface area contributed by atoms with Gasteiger partial charge in [-0.3, -0.25) is 0 Å². The predicted molar refractivity (Wildman–Crippen MR) is 75.1 cm³/mol. The van der Waals surface area contributed by atoms with E-state index in [0.717, 1.165) is 16.3 Å². The lowest BCUT2D eigenvalue weighted by Crippen LogP contribution is -2.12. The largest absolute Gasteiger partial charge is 0.484 e. The summed E-state index contributed by atoms with van der Waals surface area (Å²) in [5.74, 6) is -0.0794. The number of hydrogen-bond acceptors (Lipinski definition) is 4. The molecule has 0 saturated heterocycles. The number of thiazole rings is 1. The molecule has 0 fully saturated rings. The van der Waals surface area contributed by atoms with E-state index in [4.69, 9.17) is 4.74 Å². The summed E-state index contributed by atoms with van der Waals surface area (Å²) in [7, 11) is 1.84. The van der Waals surface area contributed by atoms with Crippen LogP contribution in [0.5, 0.6) is 5.75 Å². The molecule has 0 aliphatic heterocycles. The maximum atomic E-state index is 13.9. The third-order valence-electron chi connectivity index (χ3n) is 2.93. The summed E-state index contributed by atoms with van der Waals surface area (Å²) in [5, 5.41) is 5.98. The van der Waals surface area contributed by atoms with Crippen LogP contribution >= 0.6 is 11.3 Å². The third kappa shape index (κ3) is 3.52. The number of rotatable bonds is 5. The third-order valence-corrected chi connectivity index (χ3v) is 3.75. The van der Waals surface area contributed by atoms with Crippen LogP contribution in [0.4, 0.5) is 4.39 Å². The molecule has 5 heteroatoms. The molecule has 1 N–H and O–H groups in total. The van der Waals surface area contributed by atoms with Crippen molar-refractivity contribution in [3.8, 4) is 5.75 Å². The van der Waals surface area contributed by atoms with Crippen LogP contribution < -0.4 is 10.1 Å². The Morgan fingerprint density at radius 1 is 1.47 bits per heavy atom. The Balaban J connectivity index is 2.05. The number of benzene rings is 1. The molecule has 2 aromatic rings. The van der Waals surface area contributed by atoms with Gasteiger partial charge in [-0.15, -0.1) is 11.3 Å².